The third-order valence-corrected chi connectivity index (χ3v) is 2.05. The Morgan fingerprint density at radius 3 is 2.75 bits per heavy atom. The van der Waals surface area contributed by atoms with Crippen molar-refractivity contribution >= 4 is 11.6 Å². The van der Waals surface area contributed by atoms with E-state index < -0.39 is 5.67 Å². The van der Waals surface area contributed by atoms with Gasteiger partial charge in [0.05, 0.1) is 16.9 Å². The summed E-state index contributed by atoms with van der Waals surface area (Å²) in [5.41, 5.74) is 3.98. The van der Waals surface area contributed by atoms with Gasteiger partial charge in [-0.05, 0) is 6.92 Å². The number of alkyl halides is 1. The molecule has 68 valence electrons. The Morgan fingerprint density at radius 1 is 1.83 bits per heavy atom. The van der Waals surface area contributed by atoms with E-state index in [-0.39, 0.29) is 6.54 Å². The fourth-order valence-corrected chi connectivity index (χ4v) is 1.46. The van der Waals surface area contributed by atoms with Crippen molar-refractivity contribution in [3.63, 3.8) is 0 Å². The van der Waals surface area contributed by atoms with E-state index in [0.29, 0.717) is 10.7 Å². The summed E-state index contributed by atoms with van der Waals surface area (Å²) in [4.78, 5) is 0. The zero-order valence-corrected chi connectivity index (χ0v) is 7.77. The molecule has 1 atom stereocenters. The molecule has 0 saturated carbocycles. The number of nitrogens with two attached hydrogens (primary N) is 1. The molecule has 1 heterocycles. The first-order valence-corrected chi connectivity index (χ1v) is 3.94. The van der Waals surface area contributed by atoms with Crippen LogP contribution in [0.2, 0.25) is 5.02 Å². The van der Waals surface area contributed by atoms with Crippen molar-refractivity contribution in [1.82, 2.24) is 9.78 Å². The summed E-state index contributed by atoms with van der Waals surface area (Å²) in [6, 6.07) is 0. The second-order valence-electron chi connectivity index (χ2n) is 2.87. The fraction of sp³-hybridized carbons (Fsp3) is 0.571. The summed E-state index contributed by atoms with van der Waals surface area (Å²) in [7, 11) is 1.63. The first-order valence-electron chi connectivity index (χ1n) is 3.56. The van der Waals surface area contributed by atoms with Gasteiger partial charge in [0.15, 0.2) is 5.67 Å². The monoisotopic (exact) mass is 191 g/mol. The number of aryl methyl sites for hydroxylation is 1. The SMILES string of the molecule is Cn1ncc(Cl)c1C(C)(F)CN. The van der Waals surface area contributed by atoms with E-state index in [0.717, 1.165) is 0 Å². The van der Waals surface area contributed by atoms with Crippen LogP contribution in [0.4, 0.5) is 4.39 Å². The van der Waals surface area contributed by atoms with Crippen LogP contribution in [-0.2, 0) is 12.7 Å². The number of hydrogen-bond donors (Lipinski definition) is 1. The van der Waals surface area contributed by atoms with Gasteiger partial charge in [-0.1, -0.05) is 11.6 Å². The molecule has 0 fully saturated rings. The average molecular weight is 192 g/mol. The van der Waals surface area contributed by atoms with Crippen molar-refractivity contribution in [2.24, 2.45) is 12.8 Å². The summed E-state index contributed by atoms with van der Waals surface area (Å²) in [5.74, 6) is 0. The molecule has 0 aliphatic carbocycles. The van der Waals surface area contributed by atoms with Crippen LogP contribution in [0, 0.1) is 0 Å². The molecule has 2 N–H and O–H groups in total. The highest BCUT2D eigenvalue weighted by Gasteiger charge is 2.30. The molecule has 0 bridgehead atoms. The number of nitrogens with zero attached hydrogens (tertiary/aromatic N) is 2. The molecular formula is C7H11ClFN3. The number of aromatic nitrogens is 2. The Balaban J connectivity index is 3.17. The van der Waals surface area contributed by atoms with E-state index in [4.69, 9.17) is 17.3 Å². The standard InChI is InChI=1S/C7H11ClFN3/c1-7(9,4-10)6-5(8)3-11-12(6)2/h3H,4,10H2,1-2H3. The molecule has 0 saturated heterocycles. The van der Waals surface area contributed by atoms with Gasteiger partial charge in [0.25, 0.3) is 0 Å². The van der Waals surface area contributed by atoms with Gasteiger partial charge in [-0.25, -0.2) is 4.39 Å². The molecule has 0 amide bonds. The van der Waals surface area contributed by atoms with E-state index in [1.165, 1.54) is 17.8 Å². The highest BCUT2D eigenvalue weighted by molar-refractivity contribution is 6.31. The molecular weight excluding hydrogens is 181 g/mol. The molecule has 1 aromatic rings. The molecule has 0 aromatic carbocycles. The van der Waals surface area contributed by atoms with Crippen molar-refractivity contribution in [3.8, 4) is 0 Å². The lowest BCUT2D eigenvalue weighted by atomic mass is 10.1. The van der Waals surface area contributed by atoms with Crippen LogP contribution in [0.25, 0.3) is 0 Å². The Hall–Kier alpha value is -0.610. The van der Waals surface area contributed by atoms with Crippen LogP contribution in [0.5, 0.6) is 0 Å². The van der Waals surface area contributed by atoms with Gasteiger partial charge in [-0.3, -0.25) is 4.68 Å². The molecule has 0 aliphatic heterocycles. The second kappa shape index (κ2) is 3.03. The smallest absolute Gasteiger partial charge is 0.163 e. The van der Waals surface area contributed by atoms with Gasteiger partial charge in [0.2, 0.25) is 0 Å². The molecule has 0 radical (unpaired) electrons. The lowest BCUT2D eigenvalue weighted by Crippen LogP contribution is -2.29. The quantitative estimate of drug-likeness (QED) is 0.764. The molecule has 3 nitrogen and oxygen atoms in total. The lowest BCUT2D eigenvalue weighted by Gasteiger charge is -2.18. The maximum atomic E-state index is 13.6. The van der Waals surface area contributed by atoms with Crippen LogP contribution in [-0.4, -0.2) is 16.3 Å². The summed E-state index contributed by atoms with van der Waals surface area (Å²) in [6.07, 6.45) is 1.41. The van der Waals surface area contributed by atoms with Crippen molar-refractivity contribution in [3.05, 3.63) is 16.9 Å². The minimum atomic E-state index is -1.61. The average Bonchev–Trinajstić information content (AvgIpc) is 2.31. The van der Waals surface area contributed by atoms with E-state index >= 15 is 0 Å². The van der Waals surface area contributed by atoms with E-state index in [2.05, 4.69) is 5.10 Å². The minimum Gasteiger partial charge on any atom is -0.327 e. The molecule has 1 aromatic heterocycles. The van der Waals surface area contributed by atoms with Gasteiger partial charge in [-0.15, -0.1) is 0 Å². The Morgan fingerprint density at radius 2 is 2.42 bits per heavy atom. The summed E-state index contributed by atoms with van der Waals surface area (Å²) < 4.78 is 15.0. The lowest BCUT2D eigenvalue weighted by molar-refractivity contribution is 0.189. The second-order valence-corrected chi connectivity index (χ2v) is 3.27. The summed E-state index contributed by atoms with van der Waals surface area (Å²) in [6.45, 7) is 1.28. The van der Waals surface area contributed by atoms with Gasteiger partial charge in [-0.2, -0.15) is 5.10 Å². The predicted molar refractivity (Wildman–Crippen MR) is 45.7 cm³/mol. The van der Waals surface area contributed by atoms with Gasteiger partial charge in [0.1, 0.15) is 0 Å². The van der Waals surface area contributed by atoms with Crippen molar-refractivity contribution in [1.29, 1.82) is 0 Å². The Bertz CT molecular complexity index is 263. The third kappa shape index (κ3) is 1.44. The molecule has 0 spiro atoms. The maximum Gasteiger partial charge on any atom is 0.163 e. The van der Waals surface area contributed by atoms with Crippen molar-refractivity contribution < 1.29 is 4.39 Å². The molecule has 5 heteroatoms. The van der Waals surface area contributed by atoms with Crippen LogP contribution in [0.3, 0.4) is 0 Å². The zero-order valence-electron chi connectivity index (χ0n) is 7.01. The topological polar surface area (TPSA) is 43.8 Å². The summed E-state index contributed by atoms with van der Waals surface area (Å²) >= 11 is 5.73. The van der Waals surface area contributed by atoms with E-state index in [9.17, 15) is 4.39 Å². The van der Waals surface area contributed by atoms with Crippen LogP contribution in [0.15, 0.2) is 6.20 Å². The Kier molecular flexibility index (Phi) is 2.39. The van der Waals surface area contributed by atoms with Gasteiger partial charge >= 0.3 is 0 Å². The molecule has 1 unspecified atom stereocenters. The van der Waals surface area contributed by atoms with Gasteiger partial charge in [0, 0.05) is 13.6 Å². The van der Waals surface area contributed by atoms with Crippen molar-refractivity contribution in [2.75, 3.05) is 6.54 Å². The van der Waals surface area contributed by atoms with Crippen molar-refractivity contribution in [2.45, 2.75) is 12.6 Å². The molecule has 1 rings (SSSR count). The van der Waals surface area contributed by atoms with Gasteiger partial charge < -0.3 is 5.73 Å². The zero-order chi connectivity index (χ0) is 9.35. The van der Waals surface area contributed by atoms with E-state index in [1.54, 1.807) is 7.05 Å². The third-order valence-electron chi connectivity index (χ3n) is 1.77. The predicted octanol–water partition coefficient (Wildman–Crippen LogP) is 1.22. The highest BCUT2D eigenvalue weighted by atomic mass is 35.5. The maximum absolute atomic E-state index is 13.6. The number of hydrogen-bond acceptors (Lipinski definition) is 2. The normalized spacial score (nSPS) is 16.1. The largest absolute Gasteiger partial charge is 0.327 e. The molecule has 0 aliphatic rings. The first kappa shape index (κ1) is 9.48. The Labute approximate surface area is 75.3 Å². The number of rotatable bonds is 2. The van der Waals surface area contributed by atoms with Crippen LogP contribution < -0.4 is 5.73 Å². The first-order chi connectivity index (χ1) is 5.49. The summed E-state index contributed by atoms with van der Waals surface area (Å²) in [5, 5.41) is 4.13. The fourth-order valence-electron chi connectivity index (χ4n) is 1.09. The minimum absolute atomic E-state index is 0.105. The van der Waals surface area contributed by atoms with E-state index in [1.807, 2.05) is 0 Å². The number of halogens is 2. The van der Waals surface area contributed by atoms with Crippen LogP contribution >= 0.6 is 11.6 Å². The highest BCUT2D eigenvalue weighted by Crippen LogP contribution is 2.29. The molecule has 12 heavy (non-hydrogen) atoms. The van der Waals surface area contributed by atoms with Crippen LogP contribution in [0.1, 0.15) is 12.6 Å².